The summed E-state index contributed by atoms with van der Waals surface area (Å²) in [4.78, 5) is 33.2. The molecule has 1 saturated heterocycles. The fraction of sp³-hybridized carbons (Fsp3) is 0.308. The van der Waals surface area contributed by atoms with Crippen molar-refractivity contribution in [2.45, 2.75) is 39.2 Å². The van der Waals surface area contributed by atoms with E-state index >= 15 is 0 Å². The second-order valence-electron chi connectivity index (χ2n) is 8.20. The van der Waals surface area contributed by atoms with Crippen molar-refractivity contribution in [1.82, 2.24) is 14.3 Å². The van der Waals surface area contributed by atoms with Crippen LogP contribution >= 0.6 is 24.0 Å². The number of benzene rings is 1. The number of aromatic nitrogens is 2. The Kier molecular flexibility index (Phi) is 8.20. The maximum Gasteiger partial charge on any atom is 0.267 e. The first-order chi connectivity index (χ1) is 17.0. The number of rotatable bonds is 10. The second kappa shape index (κ2) is 11.5. The Hall–Kier alpha value is -3.17. The van der Waals surface area contributed by atoms with Crippen molar-refractivity contribution < 1.29 is 9.53 Å². The van der Waals surface area contributed by atoms with E-state index in [0.717, 1.165) is 37.0 Å². The Bertz CT molecular complexity index is 1320. The van der Waals surface area contributed by atoms with Crippen LogP contribution in [0.2, 0.25) is 0 Å². The van der Waals surface area contributed by atoms with Crippen molar-refractivity contribution in [3.05, 3.63) is 75.0 Å². The zero-order valence-corrected chi connectivity index (χ0v) is 21.5. The largest absolute Gasteiger partial charge is 0.497 e. The number of unbranched alkanes of at least 4 members (excludes halogenated alkanes) is 3. The van der Waals surface area contributed by atoms with Gasteiger partial charge in [0.2, 0.25) is 0 Å². The Balaban J connectivity index is 1.64. The number of ether oxygens (including phenoxy) is 1. The second-order valence-corrected chi connectivity index (χ2v) is 9.88. The zero-order chi connectivity index (χ0) is 24.8. The number of hydrogen-bond acceptors (Lipinski definition) is 7. The Morgan fingerprint density at radius 2 is 1.91 bits per heavy atom. The fourth-order valence-corrected chi connectivity index (χ4v) is 5.11. The molecule has 9 heteroatoms. The van der Waals surface area contributed by atoms with Crippen LogP contribution in [-0.4, -0.2) is 38.2 Å². The number of fused-ring (bicyclic) bond motifs is 1. The van der Waals surface area contributed by atoms with Crippen LogP contribution in [-0.2, 0) is 11.3 Å². The molecule has 0 bridgehead atoms. The van der Waals surface area contributed by atoms with Gasteiger partial charge in [-0.3, -0.25) is 18.9 Å². The van der Waals surface area contributed by atoms with E-state index in [1.165, 1.54) is 16.2 Å². The highest BCUT2D eigenvalue weighted by Gasteiger charge is 2.32. The summed E-state index contributed by atoms with van der Waals surface area (Å²) in [5.41, 5.74) is 1.61. The van der Waals surface area contributed by atoms with E-state index in [1.807, 2.05) is 30.3 Å². The minimum absolute atomic E-state index is 0.157. The van der Waals surface area contributed by atoms with Gasteiger partial charge >= 0.3 is 0 Å². The molecule has 1 aromatic carbocycles. The van der Waals surface area contributed by atoms with E-state index in [-0.39, 0.29) is 11.5 Å². The Morgan fingerprint density at radius 1 is 1.11 bits per heavy atom. The summed E-state index contributed by atoms with van der Waals surface area (Å²) < 4.78 is 7.23. The summed E-state index contributed by atoms with van der Waals surface area (Å²) in [6.07, 6.45) is 7.52. The highest BCUT2D eigenvalue weighted by atomic mass is 32.2. The van der Waals surface area contributed by atoms with Gasteiger partial charge < -0.3 is 10.1 Å². The molecule has 182 valence electrons. The molecule has 0 atom stereocenters. The molecule has 1 N–H and O–H groups in total. The third kappa shape index (κ3) is 5.74. The minimum atomic E-state index is -0.249. The number of thiocarbonyl (C=S) groups is 1. The summed E-state index contributed by atoms with van der Waals surface area (Å²) in [5.74, 6) is 1.04. The molecule has 3 aromatic rings. The fourth-order valence-electron chi connectivity index (χ4n) is 3.82. The van der Waals surface area contributed by atoms with Crippen LogP contribution in [0.5, 0.6) is 5.75 Å². The standard InChI is InChI=1S/C26H28N4O3S2/c1-3-4-5-7-15-30-25(32)21(35-26(30)34)16-20-23(27-17-18-10-12-19(33-2)13-11-18)28-22-9-6-8-14-29(22)24(20)31/h6,8-14,16,27H,3-5,7,15,17H2,1-2H3. The monoisotopic (exact) mass is 508 g/mol. The number of hydrogen-bond donors (Lipinski definition) is 1. The first kappa shape index (κ1) is 24.9. The topological polar surface area (TPSA) is 75.9 Å². The number of thioether (sulfide) groups is 1. The molecule has 35 heavy (non-hydrogen) atoms. The smallest absolute Gasteiger partial charge is 0.267 e. The summed E-state index contributed by atoms with van der Waals surface area (Å²) in [5, 5.41) is 3.28. The molecule has 0 saturated carbocycles. The first-order valence-electron chi connectivity index (χ1n) is 11.7. The maximum absolute atomic E-state index is 13.4. The number of carbonyl (C=O) groups is 1. The average molecular weight is 509 g/mol. The molecule has 1 aliphatic rings. The molecule has 0 unspecified atom stereocenters. The van der Waals surface area contributed by atoms with Gasteiger partial charge in [-0.1, -0.05) is 68.4 Å². The van der Waals surface area contributed by atoms with Crippen molar-refractivity contribution >= 4 is 51.7 Å². The predicted molar refractivity (Wildman–Crippen MR) is 146 cm³/mol. The molecule has 1 aliphatic heterocycles. The number of anilines is 1. The lowest BCUT2D eigenvalue weighted by molar-refractivity contribution is -0.122. The number of nitrogens with one attached hydrogen (secondary N) is 1. The van der Waals surface area contributed by atoms with Crippen molar-refractivity contribution in [3.63, 3.8) is 0 Å². The highest BCUT2D eigenvalue weighted by molar-refractivity contribution is 8.26. The van der Waals surface area contributed by atoms with Gasteiger partial charge in [0.15, 0.2) is 0 Å². The summed E-state index contributed by atoms with van der Waals surface area (Å²) in [6.45, 7) is 3.21. The van der Waals surface area contributed by atoms with Crippen molar-refractivity contribution in [1.29, 1.82) is 0 Å². The molecule has 1 amide bonds. The highest BCUT2D eigenvalue weighted by Crippen LogP contribution is 2.33. The third-order valence-corrected chi connectivity index (χ3v) is 7.15. The number of carbonyl (C=O) groups excluding carboxylic acids is 1. The van der Waals surface area contributed by atoms with Crippen LogP contribution in [0.15, 0.2) is 58.4 Å². The summed E-state index contributed by atoms with van der Waals surface area (Å²) in [7, 11) is 1.62. The number of amides is 1. The van der Waals surface area contributed by atoms with Gasteiger partial charge in [0, 0.05) is 19.3 Å². The van der Waals surface area contributed by atoms with Crippen molar-refractivity contribution in [3.8, 4) is 5.75 Å². The lowest BCUT2D eigenvalue weighted by Crippen LogP contribution is -2.29. The van der Waals surface area contributed by atoms with Crippen LogP contribution in [0.4, 0.5) is 5.82 Å². The molecular weight excluding hydrogens is 480 g/mol. The molecule has 0 spiro atoms. The normalized spacial score (nSPS) is 14.8. The van der Waals surface area contributed by atoms with Gasteiger partial charge in [0.05, 0.1) is 17.6 Å². The molecule has 0 radical (unpaired) electrons. The lowest BCUT2D eigenvalue weighted by atomic mass is 10.2. The Labute approximate surface area is 214 Å². The molecule has 0 aliphatic carbocycles. The molecule has 3 heterocycles. The summed E-state index contributed by atoms with van der Waals surface area (Å²) >= 11 is 6.70. The molecule has 1 fully saturated rings. The van der Waals surface area contributed by atoms with Gasteiger partial charge in [0.25, 0.3) is 11.5 Å². The molecule has 4 rings (SSSR count). The lowest BCUT2D eigenvalue weighted by Gasteiger charge is -2.14. The van der Waals surface area contributed by atoms with E-state index in [0.29, 0.717) is 39.3 Å². The van der Waals surface area contributed by atoms with Gasteiger partial charge in [-0.05, 0) is 42.3 Å². The average Bonchev–Trinajstić information content (AvgIpc) is 3.14. The van der Waals surface area contributed by atoms with Crippen LogP contribution in [0.1, 0.15) is 43.7 Å². The van der Waals surface area contributed by atoms with Crippen LogP contribution in [0, 0.1) is 0 Å². The van der Waals surface area contributed by atoms with Crippen molar-refractivity contribution in [2.75, 3.05) is 19.0 Å². The van der Waals surface area contributed by atoms with Crippen LogP contribution < -0.4 is 15.6 Å². The van der Waals surface area contributed by atoms with E-state index in [1.54, 1.807) is 36.4 Å². The third-order valence-electron chi connectivity index (χ3n) is 5.77. The van der Waals surface area contributed by atoms with Crippen LogP contribution in [0.3, 0.4) is 0 Å². The van der Waals surface area contributed by atoms with Gasteiger partial charge in [-0.2, -0.15) is 0 Å². The zero-order valence-electron chi connectivity index (χ0n) is 19.8. The van der Waals surface area contributed by atoms with E-state index in [2.05, 4.69) is 17.2 Å². The van der Waals surface area contributed by atoms with E-state index in [4.69, 9.17) is 17.0 Å². The first-order valence-corrected chi connectivity index (χ1v) is 12.9. The van der Waals surface area contributed by atoms with Crippen LogP contribution in [0.25, 0.3) is 11.7 Å². The molecular formula is C26H28N4O3S2. The number of pyridine rings is 1. The molecule has 2 aromatic heterocycles. The van der Waals surface area contributed by atoms with Gasteiger partial charge in [-0.25, -0.2) is 4.98 Å². The number of nitrogens with zero attached hydrogens (tertiary/aromatic N) is 3. The van der Waals surface area contributed by atoms with E-state index in [9.17, 15) is 9.59 Å². The maximum atomic E-state index is 13.4. The molecule has 7 nitrogen and oxygen atoms in total. The van der Waals surface area contributed by atoms with Gasteiger partial charge in [0.1, 0.15) is 21.5 Å². The van der Waals surface area contributed by atoms with E-state index < -0.39 is 0 Å². The SMILES string of the molecule is CCCCCCN1C(=O)C(=Cc2c(NCc3ccc(OC)cc3)nc3ccccn3c2=O)SC1=S. The minimum Gasteiger partial charge on any atom is -0.497 e. The summed E-state index contributed by atoms with van der Waals surface area (Å²) in [6, 6.07) is 13.0. The van der Waals surface area contributed by atoms with Crippen molar-refractivity contribution in [2.24, 2.45) is 0 Å². The Morgan fingerprint density at radius 3 is 2.66 bits per heavy atom. The predicted octanol–water partition coefficient (Wildman–Crippen LogP) is 5.10. The number of methoxy groups -OCH3 is 1. The quantitative estimate of drug-likeness (QED) is 0.232. The van der Waals surface area contributed by atoms with Gasteiger partial charge in [-0.15, -0.1) is 0 Å².